The van der Waals surface area contributed by atoms with E-state index < -0.39 is 65.2 Å². The number of aryl methyl sites for hydroxylation is 1. The van der Waals surface area contributed by atoms with Crippen molar-refractivity contribution in [3.05, 3.63) is 32.6 Å². The first kappa shape index (κ1) is 24.8. The predicted molar refractivity (Wildman–Crippen MR) is 122 cm³/mol. The van der Waals surface area contributed by atoms with E-state index in [1.807, 2.05) is 13.1 Å². The molecule has 0 aliphatic carbocycles. The molecule has 3 aliphatic heterocycles. The minimum absolute atomic E-state index is 0.226. The number of hydrogen-bond acceptors (Lipinski definition) is 9. The number of aromatic amines is 1. The van der Waals surface area contributed by atoms with Gasteiger partial charge in [0.25, 0.3) is 15.7 Å². The summed E-state index contributed by atoms with van der Waals surface area (Å²) in [4.78, 5) is 27.1. The van der Waals surface area contributed by atoms with Crippen LogP contribution in [0.1, 0.15) is 39.5 Å². The summed E-state index contributed by atoms with van der Waals surface area (Å²) in [5.74, 6) is -0.405. The highest BCUT2D eigenvalue weighted by atomic mass is 32.2. The second-order valence-corrected chi connectivity index (χ2v) is 16.8. The molecule has 0 aromatic carbocycles. The zero-order valence-corrected chi connectivity index (χ0v) is 21.9. The summed E-state index contributed by atoms with van der Waals surface area (Å²) in [7, 11) is -6.52. The topological polar surface area (TPSA) is 138 Å². The van der Waals surface area contributed by atoms with Gasteiger partial charge in [-0.05, 0) is 32.0 Å². The average Bonchev–Trinajstić information content (AvgIpc) is 3.18. The Morgan fingerprint density at radius 1 is 1.30 bits per heavy atom. The van der Waals surface area contributed by atoms with Crippen molar-refractivity contribution in [2.45, 2.75) is 82.5 Å². The lowest BCUT2D eigenvalue weighted by atomic mass is 9.85. The smallest absolute Gasteiger partial charge is 0.330 e. The van der Waals surface area contributed by atoms with Crippen LogP contribution >= 0.6 is 0 Å². The van der Waals surface area contributed by atoms with Gasteiger partial charge in [0, 0.05) is 24.9 Å². The molecule has 3 aliphatic rings. The van der Waals surface area contributed by atoms with Crippen molar-refractivity contribution >= 4 is 18.4 Å². The molecule has 33 heavy (non-hydrogen) atoms. The van der Waals surface area contributed by atoms with Gasteiger partial charge in [-0.2, -0.15) is 8.42 Å². The highest BCUT2D eigenvalue weighted by molar-refractivity contribution is 7.87. The minimum atomic E-state index is -3.98. The molecule has 5 atom stereocenters. The minimum Gasteiger partial charge on any atom is -0.406 e. The van der Waals surface area contributed by atoms with Gasteiger partial charge < -0.3 is 13.9 Å². The highest BCUT2D eigenvalue weighted by Crippen LogP contribution is 2.57. The van der Waals surface area contributed by atoms with Crippen LogP contribution in [0.2, 0.25) is 18.1 Å². The van der Waals surface area contributed by atoms with Crippen molar-refractivity contribution in [3.8, 4) is 0 Å². The fraction of sp³-hybridized carbons (Fsp3) is 0.800. The number of aromatic nitrogens is 2. The Labute approximate surface area is 194 Å². The van der Waals surface area contributed by atoms with Gasteiger partial charge in [0.05, 0.1) is 0 Å². The van der Waals surface area contributed by atoms with Gasteiger partial charge in [-0.25, -0.2) is 4.79 Å². The molecular formula is C20H33N3O8SSi. The predicted octanol–water partition coefficient (Wildman–Crippen LogP) is 0.568. The monoisotopic (exact) mass is 503 g/mol. The Morgan fingerprint density at radius 2 is 1.97 bits per heavy atom. The number of ether oxygens (including phenoxy) is 2. The zero-order valence-electron chi connectivity index (χ0n) is 20.1. The van der Waals surface area contributed by atoms with Crippen LogP contribution in [0.25, 0.3) is 0 Å². The quantitative estimate of drug-likeness (QED) is 0.436. The van der Waals surface area contributed by atoms with Gasteiger partial charge in [0.2, 0.25) is 0 Å². The molecule has 4 heterocycles. The molecule has 1 aromatic heterocycles. The van der Waals surface area contributed by atoms with Gasteiger partial charge in [0.15, 0.2) is 25.9 Å². The van der Waals surface area contributed by atoms with E-state index >= 15 is 0 Å². The summed E-state index contributed by atoms with van der Waals surface area (Å²) in [5.41, 5.74) is -3.79. The summed E-state index contributed by atoms with van der Waals surface area (Å²) in [5, 5.41) is 2.96. The third-order valence-corrected chi connectivity index (χ3v) is 13.1. The van der Waals surface area contributed by atoms with Gasteiger partial charge in [0.1, 0.15) is 18.0 Å². The van der Waals surface area contributed by atoms with Crippen molar-refractivity contribution in [1.29, 1.82) is 0 Å². The van der Waals surface area contributed by atoms with Crippen LogP contribution in [0, 0.1) is 6.92 Å². The van der Waals surface area contributed by atoms with Crippen LogP contribution < -0.4 is 16.6 Å². The Kier molecular flexibility index (Phi) is 5.68. The van der Waals surface area contributed by atoms with Crippen molar-refractivity contribution in [3.63, 3.8) is 0 Å². The van der Waals surface area contributed by atoms with Crippen LogP contribution in [0.15, 0.2) is 15.8 Å². The standard InChI is InChI=1S/C20H33N3O8SSi/c1-8-28-19-11-32(26,27)31-20(19)13(9-21-19)29-16(14(20)30-33(6,7)18(3,4)5)23-10-12(2)15(24)22-17(23)25/h10,13-14,16,21H,8-9,11H2,1-7H3,(H,22,24,25)/t13-,14?,16-,19-,20-/m1/s1. The molecule has 186 valence electrons. The molecule has 1 aromatic rings. The third kappa shape index (κ3) is 3.59. The summed E-state index contributed by atoms with van der Waals surface area (Å²) in [6, 6.07) is 0. The Hall–Kier alpha value is -1.35. The molecule has 1 spiro atoms. The second-order valence-electron chi connectivity index (χ2n) is 10.5. The van der Waals surface area contributed by atoms with Gasteiger partial charge in [-0.1, -0.05) is 20.8 Å². The van der Waals surface area contributed by atoms with Crippen LogP contribution in [-0.4, -0.2) is 68.7 Å². The van der Waals surface area contributed by atoms with Gasteiger partial charge in [-0.3, -0.25) is 23.8 Å². The maximum atomic E-state index is 12.8. The van der Waals surface area contributed by atoms with E-state index in [9.17, 15) is 18.0 Å². The molecule has 4 rings (SSSR count). The second kappa shape index (κ2) is 7.57. The maximum Gasteiger partial charge on any atom is 0.330 e. The Morgan fingerprint density at radius 3 is 2.58 bits per heavy atom. The van der Waals surface area contributed by atoms with Crippen LogP contribution in [0.5, 0.6) is 0 Å². The lowest BCUT2D eigenvalue weighted by Gasteiger charge is -2.45. The van der Waals surface area contributed by atoms with Gasteiger partial charge >= 0.3 is 5.69 Å². The van der Waals surface area contributed by atoms with Gasteiger partial charge in [-0.15, -0.1) is 0 Å². The number of hydrogen-bond donors (Lipinski definition) is 2. The lowest BCUT2D eigenvalue weighted by molar-refractivity contribution is -0.166. The fourth-order valence-electron chi connectivity index (χ4n) is 4.72. The Bertz CT molecular complexity index is 1170. The van der Waals surface area contributed by atoms with E-state index in [-0.39, 0.29) is 18.2 Å². The fourth-order valence-corrected chi connectivity index (χ4v) is 7.72. The molecule has 0 amide bonds. The summed E-state index contributed by atoms with van der Waals surface area (Å²) < 4.78 is 51.8. The van der Waals surface area contributed by atoms with Crippen LogP contribution in [0.4, 0.5) is 0 Å². The van der Waals surface area contributed by atoms with Crippen molar-refractivity contribution < 1.29 is 26.5 Å². The molecule has 11 nitrogen and oxygen atoms in total. The van der Waals surface area contributed by atoms with Crippen LogP contribution in [-0.2, 0) is 28.2 Å². The molecule has 0 bridgehead atoms. The van der Waals surface area contributed by atoms with E-state index in [0.717, 1.165) is 0 Å². The van der Waals surface area contributed by atoms with E-state index in [1.54, 1.807) is 13.8 Å². The molecule has 2 N–H and O–H groups in total. The highest BCUT2D eigenvalue weighted by Gasteiger charge is 2.80. The molecule has 3 saturated heterocycles. The van der Waals surface area contributed by atoms with E-state index in [1.165, 1.54) is 10.8 Å². The van der Waals surface area contributed by atoms with Crippen LogP contribution in [0.3, 0.4) is 0 Å². The summed E-state index contributed by atoms with van der Waals surface area (Å²) >= 11 is 0. The molecule has 0 saturated carbocycles. The SMILES string of the molecule is CCO[C@]12CS(=O)(=O)O[C@]13C(O[Si](C)(C)C(C)(C)C)[C@H](n1cc(C)c(=O)[nH]c1=O)O[C@@H]3CN2. The molecule has 0 radical (unpaired) electrons. The number of rotatable bonds is 5. The van der Waals surface area contributed by atoms with Crippen molar-refractivity contribution in [1.82, 2.24) is 14.9 Å². The van der Waals surface area contributed by atoms with E-state index in [0.29, 0.717) is 5.56 Å². The first-order valence-corrected chi connectivity index (χ1v) is 15.6. The van der Waals surface area contributed by atoms with E-state index in [2.05, 4.69) is 31.1 Å². The zero-order chi connectivity index (χ0) is 24.6. The normalized spacial score (nSPS) is 35.5. The van der Waals surface area contributed by atoms with E-state index in [4.69, 9.17) is 18.1 Å². The number of H-pyrrole nitrogens is 1. The maximum absolute atomic E-state index is 12.8. The van der Waals surface area contributed by atoms with Crippen molar-refractivity contribution in [2.24, 2.45) is 0 Å². The third-order valence-electron chi connectivity index (χ3n) is 7.35. The first-order chi connectivity index (χ1) is 15.1. The lowest BCUT2D eigenvalue weighted by Crippen LogP contribution is -2.66. The Balaban J connectivity index is 1.93. The average molecular weight is 504 g/mol. The largest absolute Gasteiger partial charge is 0.406 e. The van der Waals surface area contributed by atoms with Crippen molar-refractivity contribution in [2.75, 3.05) is 18.9 Å². The number of nitrogens with one attached hydrogen (secondary N) is 2. The summed E-state index contributed by atoms with van der Waals surface area (Å²) in [6.07, 6.45) is -1.38. The first-order valence-electron chi connectivity index (χ1n) is 11.1. The molecule has 1 unspecified atom stereocenters. The molecular weight excluding hydrogens is 470 g/mol. The number of nitrogens with zero attached hydrogens (tertiary/aromatic N) is 1. The molecule has 13 heteroatoms. The summed E-state index contributed by atoms with van der Waals surface area (Å²) in [6.45, 7) is 14.1. The molecule has 3 fully saturated rings.